The minimum absolute atomic E-state index is 0.0204. The molecule has 0 aliphatic carbocycles. The molecule has 27 heteroatoms. The number of β-amino-alcohol motifs (C(OH)–C–C–N with tert-alkyl or cyclic N) is 1. The highest BCUT2D eigenvalue weighted by Crippen LogP contribution is 2.40. The number of hydrogen-bond acceptors (Lipinski definition) is 20. The van der Waals surface area contributed by atoms with Gasteiger partial charge >= 0.3 is 0 Å². The standard InChI is InChI=1S/C40H65N7O19S/c1-18-8-23(51)13-42-38(60)33-34(56)19(2)14-47(33)40(62)32(27(54)6-7-41-12-22(16-48)17-49)45-37(59)31(28(55)9-21-4-5-26(53)29(10-21)66-67(63,64)65)44-36(58)25-11-24(52)15-46(25)39(61)30(20(3)50)43-35(18)57/h4-5,10,18-20,22-25,27-28,30-34,41,48-56,63-65H,6-9,11-17H2,1-3H3,(H,42,60)(H,43,57)(H,44,58)(H,45,59)/t18?,19-,20+,23+,24+,25-,27+,28+,30-,31-,32-,33-,34-/m0/s1. The molecule has 6 amide bonds. The second-order valence-corrected chi connectivity index (χ2v) is 18.6. The first kappa shape index (κ1) is 55.1. The van der Waals surface area contributed by atoms with Gasteiger partial charge in [0, 0.05) is 70.0 Å². The molecule has 3 fully saturated rings. The summed E-state index contributed by atoms with van der Waals surface area (Å²) in [7, 11) is 0. The normalized spacial score (nSPS) is 30.3. The maximum atomic E-state index is 14.6. The average Bonchev–Trinajstić information content (AvgIpc) is 3.80. The first-order valence-electron chi connectivity index (χ1n) is 21.7. The molecule has 4 rings (SSSR count). The van der Waals surface area contributed by atoms with Gasteiger partial charge in [-0.1, -0.05) is 19.9 Å². The van der Waals surface area contributed by atoms with Gasteiger partial charge < -0.3 is 86.5 Å². The van der Waals surface area contributed by atoms with E-state index in [4.69, 9.17) is 0 Å². The van der Waals surface area contributed by atoms with Crippen LogP contribution in [-0.2, 0) is 35.2 Å². The minimum atomic E-state index is -4.68. The van der Waals surface area contributed by atoms with Crippen LogP contribution >= 0.6 is 11.2 Å². The van der Waals surface area contributed by atoms with Crippen LogP contribution in [0.4, 0.5) is 0 Å². The Labute approximate surface area is 387 Å². The summed E-state index contributed by atoms with van der Waals surface area (Å²) in [5, 5.41) is 108. The van der Waals surface area contributed by atoms with Gasteiger partial charge in [0.15, 0.2) is 11.5 Å². The zero-order valence-corrected chi connectivity index (χ0v) is 37.9. The molecule has 13 atom stereocenters. The maximum Gasteiger partial charge on any atom is 0.266 e. The van der Waals surface area contributed by atoms with Crippen molar-refractivity contribution < 1.29 is 92.6 Å². The van der Waals surface area contributed by atoms with Crippen molar-refractivity contribution in [3.63, 3.8) is 0 Å². The lowest BCUT2D eigenvalue weighted by molar-refractivity contribution is -0.147. The molecule has 0 spiro atoms. The number of carbonyl (C=O) groups excluding carboxylic acids is 6. The fourth-order valence-corrected chi connectivity index (χ4v) is 8.49. The highest BCUT2D eigenvalue weighted by molar-refractivity contribution is 8.15. The molecule has 0 bridgehead atoms. The van der Waals surface area contributed by atoms with Crippen molar-refractivity contribution in [2.45, 2.75) is 113 Å². The van der Waals surface area contributed by atoms with Gasteiger partial charge in [0.1, 0.15) is 30.2 Å². The van der Waals surface area contributed by atoms with Crippen LogP contribution in [0.5, 0.6) is 11.5 Å². The Morgan fingerprint density at radius 3 is 2.04 bits per heavy atom. The van der Waals surface area contributed by atoms with E-state index in [0.717, 1.165) is 21.9 Å². The molecule has 0 aromatic heterocycles. The number of phenolic OH excluding ortho intramolecular Hbond substituents is 1. The van der Waals surface area contributed by atoms with E-state index in [-0.39, 0.29) is 51.3 Å². The summed E-state index contributed by atoms with van der Waals surface area (Å²) in [4.78, 5) is 86.3. The van der Waals surface area contributed by atoms with Crippen molar-refractivity contribution in [3.05, 3.63) is 23.8 Å². The lowest BCUT2D eigenvalue weighted by Crippen LogP contribution is -2.64. The zero-order valence-electron chi connectivity index (χ0n) is 37.1. The largest absolute Gasteiger partial charge is 0.504 e. The van der Waals surface area contributed by atoms with Crippen LogP contribution in [0, 0.1) is 17.8 Å². The molecule has 3 saturated heterocycles. The van der Waals surface area contributed by atoms with Gasteiger partial charge in [0.05, 0.1) is 36.6 Å². The molecule has 67 heavy (non-hydrogen) atoms. The van der Waals surface area contributed by atoms with Crippen molar-refractivity contribution in [2.24, 2.45) is 17.8 Å². The third-order valence-corrected chi connectivity index (χ3v) is 12.3. The number of carbonyl (C=O) groups is 6. The van der Waals surface area contributed by atoms with E-state index in [2.05, 4.69) is 30.8 Å². The molecule has 26 nitrogen and oxygen atoms in total. The van der Waals surface area contributed by atoms with Gasteiger partial charge in [-0.2, -0.15) is 0 Å². The van der Waals surface area contributed by atoms with E-state index < -0.39 is 169 Å². The Bertz CT molecular complexity index is 1890. The van der Waals surface area contributed by atoms with Crippen molar-refractivity contribution in [1.82, 2.24) is 36.4 Å². The Hall–Kier alpha value is -4.49. The molecule has 0 radical (unpaired) electrons. The number of rotatable bonds is 14. The molecule has 3 heterocycles. The number of aromatic hydroxyl groups is 1. The minimum Gasteiger partial charge on any atom is -0.504 e. The first-order chi connectivity index (χ1) is 31.4. The average molecular weight is 980 g/mol. The van der Waals surface area contributed by atoms with Crippen LogP contribution < -0.4 is 30.8 Å². The summed E-state index contributed by atoms with van der Waals surface area (Å²) < 4.78 is 32.9. The summed E-state index contributed by atoms with van der Waals surface area (Å²) in [6.45, 7) is 1.98. The fraction of sp³-hybridized carbons (Fsp3) is 0.700. The molecule has 380 valence electrons. The lowest BCUT2D eigenvalue weighted by Gasteiger charge is -2.34. The smallest absolute Gasteiger partial charge is 0.266 e. The Morgan fingerprint density at radius 2 is 1.42 bits per heavy atom. The van der Waals surface area contributed by atoms with Crippen molar-refractivity contribution in [2.75, 3.05) is 45.9 Å². The lowest BCUT2D eigenvalue weighted by atomic mass is 9.98. The Balaban J connectivity index is 1.82. The predicted molar refractivity (Wildman–Crippen MR) is 232 cm³/mol. The molecule has 3 aliphatic heterocycles. The fourth-order valence-electron chi connectivity index (χ4n) is 8.11. The van der Waals surface area contributed by atoms with Crippen LogP contribution in [0.25, 0.3) is 0 Å². The van der Waals surface area contributed by atoms with Crippen LogP contribution in [-0.4, -0.2) is 218 Å². The summed E-state index contributed by atoms with van der Waals surface area (Å²) in [5.41, 5.74) is -0.0204. The highest BCUT2D eigenvalue weighted by atomic mass is 32.3. The number of fused-ring (bicyclic) bond motifs is 2. The van der Waals surface area contributed by atoms with E-state index in [1.165, 1.54) is 26.8 Å². The molecule has 0 saturated carbocycles. The number of aliphatic hydroxyl groups is 8. The van der Waals surface area contributed by atoms with Gasteiger partial charge in [-0.05, 0) is 44.0 Å². The number of nitrogens with zero attached hydrogens (tertiary/aromatic N) is 2. The third kappa shape index (κ3) is 14.8. The number of nitrogens with one attached hydrogen (secondary N) is 5. The Morgan fingerprint density at radius 1 is 0.791 bits per heavy atom. The van der Waals surface area contributed by atoms with Gasteiger partial charge in [-0.3, -0.25) is 42.4 Å². The number of phenols is 1. The summed E-state index contributed by atoms with van der Waals surface area (Å²) in [5.74, 6) is -10.3. The van der Waals surface area contributed by atoms with E-state index in [9.17, 15) is 88.4 Å². The summed E-state index contributed by atoms with van der Waals surface area (Å²) >= 11 is -4.68. The van der Waals surface area contributed by atoms with E-state index in [0.29, 0.717) is 0 Å². The summed E-state index contributed by atoms with van der Waals surface area (Å²) in [6, 6.07) is -6.04. The van der Waals surface area contributed by atoms with Gasteiger partial charge in [-0.25, -0.2) is 0 Å². The van der Waals surface area contributed by atoms with Crippen LogP contribution in [0.1, 0.15) is 45.6 Å². The first-order valence-corrected chi connectivity index (χ1v) is 23.1. The van der Waals surface area contributed by atoms with Crippen molar-refractivity contribution in [1.29, 1.82) is 0 Å². The highest BCUT2D eigenvalue weighted by Gasteiger charge is 2.49. The Kier molecular flexibility index (Phi) is 19.9. The molecule has 1 aromatic carbocycles. The second-order valence-electron chi connectivity index (χ2n) is 17.5. The zero-order chi connectivity index (χ0) is 50.1. The SMILES string of the molecule is CC1C[C@@H](O)CNC(=O)[C@@H]2[C@@H](O)[C@@H](C)CN2C(=O)[C@H]([C@H](O)CCNCC(CO)CO)NC(=O)[C@H]([C@H](O)Cc2ccc(O)c(OS(O)(O)O)c2)NC(=O)[C@@H]2C[C@@H](O)CN2C(=O)[C@H]([C@@H](C)O)NC1=O. The van der Waals surface area contributed by atoms with E-state index in [1.807, 2.05) is 0 Å². The third-order valence-electron chi connectivity index (χ3n) is 11.9. The number of aliphatic hydroxyl groups excluding tert-OH is 8. The molecule has 1 unspecified atom stereocenters. The number of amides is 6. The van der Waals surface area contributed by atoms with Crippen LogP contribution in [0.3, 0.4) is 0 Å². The monoisotopic (exact) mass is 979 g/mol. The van der Waals surface area contributed by atoms with Crippen LogP contribution in [0.15, 0.2) is 18.2 Å². The van der Waals surface area contributed by atoms with Gasteiger partial charge in [0.25, 0.3) is 11.2 Å². The molecular formula is C40H65N7O19S. The maximum absolute atomic E-state index is 14.6. The van der Waals surface area contributed by atoms with Gasteiger partial charge in [-0.15, -0.1) is 0 Å². The molecule has 1 aromatic rings. The molecule has 3 aliphatic rings. The topological polar surface area (TPSA) is 421 Å². The van der Waals surface area contributed by atoms with Crippen molar-refractivity contribution >= 4 is 46.6 Å². The van der Waals surface area contributed by atoms with Gasteiger partial charge in [0.2, 0.25) is 35.4 Å². The van der Waals surface area contributed by atoms with Crippen LogP contribution in [0.2, 0.25) is 0 Å². The molecule has 17 N–H and O–H groups in total. The summed E-state index contributed by atoms with van der Waals surface area (Å²) in [6.07, 6.45) is -11.4. The number of hydrogen-bond donors (Lipinski definition) is 17. The van der Waals surface area contributed by atoms with E-state index in [1.54, 1.807) is 0 Å². The number of benzene rings is 1. The van der Waals surface area contributed by atoms with E-state index >= 15 is 0 Å². The molecular weight excluding hydrogens is 915 g/mol. The second kappa shape index (κ2) is 24.2. The predicted octanol–water partition coefficient (Wildman–Crippen LogP) is -5.72. The quantitative estimate of drug-likeness (QED) is 0.0772. The van der Waals surface area contributed by atoms with Crippen molar-refractivity contribution in [3.8, 4) is 11.5 Å².